The summed E-state index contributed by atoms with van der Waals surface area (Å²) >= 11 is 7.46. The summed E-state index contributed by atoms with van der Waals surface area (Å²) in [6.07, 6.45) is 7.89. The van der Waals surface area contributed by atoms with Crippen LogP contribution >= 0.6 is 22.9 Å². The van der Waals surface area contributed by atoms with Gasteiger partial charge in [-0.15, -0.1) is 11.3 Å². The van der Waals surface area contributed by atoms with E-state index in [0.29, 0.717) is 81.0 Å². The van der Waals surface area contributed by atoms with E-state index in [9.17, 15) is 28.4 Å². The lowest BCUT2D eigenvalue weighted by molar-refractivity contribution is -0.137. The Bertz CT molecular complexity index is 2260. The van der Waals surface area contributed by atoms with Gasteiger partial charge in [0.05, 0.1) is 23.1 Å². The molecule has 63 heavy (non-hydrogen) atoms. The number of carbonyl (C=O) groups is 5. The average Bonchev–Trinajstić information content (AvgIpc) is 3.90. The van der Waals surface area contributed by atoms with Crippen LogP contribution < -0.4 is 31.3 Å². The van der Waals surface area contributed by atoms with Crippen molar-refractivity contribution >= 4 is 69.1 Å². The number of unbranched alkanes of at least 4 members (excludes halogenated alkanes) is 2. The number of nitrogens with one attached hydrogen (secondary N) is 5. The number of nitrogens with zero attached hydrogens (tertiary/aromatic N) is 3. The molecule has 1 saturated carbocycles. The van der Waals surface area contributed by atoms with Gasteiger partial charge in [0.15, 0.2) is 16.7 Å². The third-order valence-electron chi connectivity index (χ3n) is 11.6. The maximum atomic E-state index is 14.6. The van der Waals surface area contributed by atoms with E-state index < -0.39 is 23.2 Å². The predicted molar refractivity (Wildman–Crippen MR) is 236 cm³/mol. The number of fused-ring (bicyclic) bond motifs is 1. The van der Waals surface area contributed by atoms with Crippen LogP contribution in [0.15, 0.2) is 66.2 Å². The number of anilines is 3. The molecule has 2 aromatic carbocycles. The number of amides is 5. The Balaban J connectivity index is 0.778. The number of halogens is 2. The van der Waals surface area contributed by atoms with Gasteiger partial charge in [0.2, 0.25) is 23.6 Å². The van der Waals surface area contributed by atoms with Gasteiger partial charge in [0, 0.05) is 67.7 Å². The fourth-order valence-electron chi connectivity index (χ4n) is 8.25. The SMILES string of the molecule is O=C1CCC(N2Cc3cc(NC(=O)CNCCCOCCCCCNC(=O)C4(Cc5cccc(Nc6nccs6)n5)CCC(Oc5cccc(Cl)c5F)CC4)ccc3C2=O)C(=O)N1. The molecule has 2 aromatic heterocycles. The molecule has 1 atom stereocenters. The average molecular weight is 903 g/mol. The number of imide groups is 1. The van der Waals surface area contributed by atoms with Crippen molar-refractivity contribution in [2.75, 3.05) is 43.5 Å². The Kier molecular flexibility index (Phi) is 15.7. The number of rotatable bonds is 21. The molecule has 3 aliphatic rings. The molecule has 18 heteroatoms. The van der Waals surface area contributed by atoms with Crippen molar-refractivity contribution in [3.63, 3.8) is 0 Å². The quantitative estimate of drug-likeness (QED) is 0.0465. The third kappa shape index (κ3) is 12.2. The highest BCUT2D eigenvalue weighted by Crippen LogP contribution is 2.41. The number of benzene rings is 2. The number of carbonyl (C=O) groups excluding carboxylic acids is 5. The predicted octanol–water partition coefficient (Wildman–Crippen LogP) is 6.31. The smallest absolute Gasteiger partial charge is 0.255 e. The number of ether oxygens (including phenoxy) is 2. The van der Waals surface area contributed by atoms with Crippen molar-refractivity contribution in [2.45, 2.75) is 89.3 Å². The summed E-state index contributed by atoms with van der Waals surface area (Å²) in [4.78, 5) is 73.9. The van der Waals surface area contributed by atoms with Gasteiger partial charge in [-0.2, -0.15) is 0 Å². The second-order valence-electron chi connectivity index (χ2n) is 16.1. The third-order valence-corrected chi connectivity index (χ3v) is 12.5. The summed E-state index contributed by atoms with van der Waals surface area (Å²) < 4.78 is 26.5. The monoisotopic (exact) mass is 902 g/mol. The minimum Gasteiger partial charge on any atom is -0.487 e. The Morgan fingerprint density at radius 3 is 2.62 bits per heavy atom. The second kappa shape index (κ2) is 21.7. The van der Waals surface area contributed by atoms with Crippen LogP contribution in [0.1, 0.15) is 85.8 Å². The summed E-state index contributed by atoms with van der Waals surface area (Å²) in [5.41, 5.74) is 1.84. The van der Waals surface area contributed by atoms with Gasteiger partial charge in [-0.05, 0) is 112 Å². The fraction of sp³-hybridized carbons (Fsp3) is 0.444. The molecule has 4 heterocycles. The van der Waals surface area contributed by atoms with E-state index >= 15 is 0 Å². The van der Waals surface area contributed by atoms with E-state index in [0.717, 1.165) is 36.5 Å². The van der Waals surface area contributed by atoms with E-state index in [1.165, 1.54) is 22.3 Å². The lowest BCUT2D eigenvalue weighted by Gasteiger charge is -2.39. The van der Waals surface area contributed by atoms with Crippen LogP contribution in [-0.2, 0) is 36.9 Å². The molecule has 5 N–H and O–H groups in total. The van der Waals surface area contributed by atoms with Gasteiger partial charge in [-0.25, -0.2) is 14.4 Å². The molecular formula is C45H52ClFN8O7S. The highest BCUT2D eigenvalue weighted by Gasteiger charge is 2.43. The first-order chi connectivity index (χ1) is 30.6. The maximum Gasteiger partial charge on any atom is 0.255 e. The second-order valence-corrected chi connectivity index (χ2v) is 17.4. The van der Waals surface area contributed by atoms with Gasteiger partial charge >= 0.3 is 0 Å². The molecule has 2 aliphatic heterocycles. The van der Waals surface area contributed by atoms with Gasteiger partial charge in [0.25, 0.3) is 5.91 Å². The number of hydrogen-bond donors (Lipinski definition) is 5. The van der Waals surface area contributed by atoms with Crippen LogP contribution in [0.4, 0.5) is 21.0 Å². The van der Waals surface area contributed by atoms with E-state index in [-0.39, 0.29) is 66.4 Å². The molecular weight excluding hydrogens is 851 g/mol. The first-order valence-electron chi connectivity index (χ1n) is 21.4. The van der Waals surface area contributed by atoms with Crippen LogP contribution in [-0.4, -0.2) is 89.4 Å². The molecule has 0 bridgehead atoms. The maximum absolute atomic E-state index is 14.6. The van der Waals surface area contributed by atoms with Crippen molar-refractivity contribution in [3.05, 3.63) is 93.8 Å². The number of thiazole rings is 1. The van der Waals surface area contributed by atoms with E-state index in [2.05, 4.69) is 31.6 Å². The van der Waals surface area contributed by atoms with Gasteiger partial charge in [-0.1, -0.05) is 23.7 Å². The van der Waals surface area contributed by atoms with Crippen molar-refractivity contribution in [2.24, 2.45) is 5.41 Å². The summed E-state index contributed by atoms with van der Waals surface area (Å²) in [6.45, 7) is 2.59. The summed E-state index contributed by atoms with van der Waals surface area (Å²) in [7, 11) is 0. The highest BCUT2D eigenvalue weighted by atomic mass is 35.5. The Morgan fingerprint density at radius 1 is 0.984 bits per heavy atom. The number of piperidine rings is 1. The topological polar surface area (TPSA) is 193 Å². The van der Waals surface area contributed by atoms with Gasteiger partial charge < -0.3 is 35.6 Å². The standard InChI is InChI=1S/C45H52ClFN8O7S/c46-34-8-5-9-36(40(34)47)62-32-15-17-45(18-16-32,26-31-7-4-10-37(51-31)53-44-50-21-24-63-44)43(60)49-20-2-1-3-22-61-23-6-19-48-27-39(57)52-30-11-12-33-29(25-30)28-55(42(33)59)35-13-14-38(56)54-41(35)58/h4-5,7-12,21,24-25,32,35,48H,1-3,6,13-20,22-23,26-28H2,(H,49,60)(H,52,57)(H,50,51,53)(H,54,56,58). The van der Waals surface area contributed by atoms with Crippen molar-refractivity contribution < 1.29 is 37.8 Å². The Labute approximate surface area is 374 Å². The summed E-state index contributed by atoms with van der Waals surface area (Å²) in [5.74, 6) is -1.11. The number of aromatic nitrogens is 2. The zero-order chi connectivity index (χ0) is 44.2. The van der Waals surface area contributed by atoms with E-state index in [1.807, 2.05) is 23.6 Å². The highest BCUT2D eigenvalue weighted by molar-refractivity contribution is 7.13. The molecule has 1 unspecified atom stereocenters. The minimum atomic E-state index is -0.704. The summed E-state index contributed by atoms with van der Waals surface area (Å²) in [6, 6.07) is 14.8. The molecule has 7 rings (SSSR count). The fourth-order valence-corrected chi connectivity index (χ4v) is 8.95. The zero-order valence-electron chi connectivity index (χ0n) is 34.9. The van der Waals surface area contributed by atoms with Crippen molar-refractivity contribution in [1.82, 2.24) is 30.8 Å². The van der Waals surface area contributed by atoms with Crippen LogP contribution in [0, 0.1) is 11.2 Å². The lowest BCUT2D eigenvalue weighted by Crippen LogP contribution is -2.52. The first-order valence-corrected chi connectivity index (χ1v) is 22.7. The normalized spacial score (nSPS) is 19.7. The number of hydrogen-bond acceptors (Lipinski definition) is 12. The molecule has 0 radical (unpaired) electrons. The van der Waals surface area contributed by atoms with Crippen molar-refractivity contribution in [3.8, 4) is 5.75 Å². The van der Waals surface area contributed by atoms with Crippen LogP contribution in [0.3, 0.4) is 0 Å². The number of pyridine rings is 1. The molecule has 2 fully saturated rings. The van der Waals surface area contributed by atoms with Crippen LogP contribution in [0.25, 0.3) is 0 Å². The van der Waals surface area contributed by atoms with Crippen LogP contribution in [0.5, 0.6) is 5.75 Å². The molecule has 5 amide bonds. The van der Waals surface area contributed by atoms with Crippen LogP contribution in [0.2, 0.25) is 5.02 Å². The molecule has 1 aliphatic carbocycles. The molecule has 15 nitrogen and oxygen atoms in total. The molecule has 334 valence electrons. The largest absolute Gasteiger partial charge is 0.487 e. The van der Waals surface area contributed by atoms with Gasteiger partial charge in [-0.3, -0.25) is 29.3 Å². The Morgan fingerprint density at radius 2 is 1.81 bits per heavy atom. The minimum absolute atomic E-state index is 0.00758. The zero-order valence-corrected chi connectivity index (χ0v) is 36.5. The van der Waals surface area contributed by atoms with Crippen molar-refractivity contribution in [1.29, 1.82) is 0 Å². The molecule has 4 aromatic rings. The molecule has 1 saturated heterocycles. The van der Waals surface area contributed by atoms with E-state index in [1.54, 1.807) is 36.5 Å². The summed E-state index contributed by atoms with van der Waals surface area (Å²) in [5, 5.41) is 17.3. The van der Waals surface area contributed by atoms with Gasteiger partial charge in [0.1, 0.15) is 11.9 Å². The lowest BCUT2D eigenvalue weighted by atomic mass is 9.69. The Hall–Kier alpha value is -5.49. The molecule has 0 spiro atoms. The first kappa shape index (κ1) is 45.5. The van der Waals surface area contributed by atoms with E-state index in [4.69, 9.17) is 26.1 Å².